The van der Waals surface area contributed by atoms with Gasteiger partial charge in [-0.3, -0.25) is 11.3 Å². The highest BCUT2D eigenvalue weighted by Crippen LogP contribution is 2.23. The summed E-state index contributed by atoms with van der Waals surface area (Å²) in [5.41, 5.74) is 4.78. The highest BCUT2D eigenvalue weighted by atomic mass is 127. The lowest BCUT2D eigenvalue weighted by molar-refractivity contribution is 0.533. The summed E-state index contributed by atoms with van der Waals surface area (Å²) in [6.07, 6.45) is 4.01. The van der Waals surface area contributed by atoms with Gasteiger partial charge in [-0.2, -0.15) is 0 Å². The Morgan fingerprint density at radius 2 is 2.24 bits per heavy atom. The number of furan rings is 1. The fraction of sp³-hybridized carbons (Fsp3) is 0.167. The van der Waals surface area contributed by atoms with Crippen molar-refractivity contribution < 1.29 is 8.81 Å². The van der Waals surface area contributed by atoms with E-state index in [1.165, 1.54) is 12.1 Å². The third kappa shape index (κ3) is 3.05. The number of nitrogens with one attached hydrogen (secondary N) is 1. The summed E-state index contributed by atoms with van der Waals surface area (Å²) < 4.78 is 18.9. The van der Waals surface area contributed by atoms with E-state index in [1.807, 2.05) is 6.07 Å². The van der Waals surface area contributed by atoms with Crippen LogP contribution in [0.4, 0.5) is 4.39 Å². The van der Waals surface area contributed by atoms with E-state index in [2.05, 4.69) is 28.0 Å². The number of hydrogen-bond donors (Lipinski definition) is 2. The predicted molar refractivity (Wildman–Crippen MR) is 71.6 cm³/mol. The molecule has 1 aromatic carbocycles. The number of rotatable bonds is 4. The summed E-state index contributed by atoms with van der Waals surface area (Å²) in [7, 11) is 0. The standard InChI is InChI=1S/C12H12FIN2O/c13-9-1-2-10(11(14)6-9)12(16-15)5-8-3-4-17-7-8/h1-4,6-7,12,16H,5,15H2. The van der Waals surface area contributed by atoms with Crippen molar-refractivity contribution in [1.82, 2.24) is 5.43 Å². The Labute approximate surface area is 112 Å². The molecule has 3 nitrogen and oxygen atoms in total. The van der Waals surface area contributed by atoms with Crippen molar-refractivity contribution >= 4 is 22.6 Å². The first-order valence-corrected chi connectivity index (χ1v) is 6.20. The summed E-state index contributed by atoms with van der Waals surface area (Å²) in [6.45, 7) is 0. The third-order valence-electron chi connectivity index (χ3n) is 2.56. The van der Waals surface area contributed by atoms with Gasteiger partial charge in [0.25, 0.3) is 0 Å². The molecule has 3 N–H and O–H groups in total. The molecule has 0 radical (unpaired) electrons. The topological polar surface area (TPSA) is 51.2 Å². The van der Waals surface area contributed by atoms with Crippen molar-refractivity contribution in [3.8, 4) is 0 Å². The maximum absolute atomic E-state index is 13.0. The van der Waals surface area contributed by atoms with Gasteiger partial charge in [-0.1, -0.05) is 6.07 Å². The molecule has 1 aromatic heterocycles. The molecule has 0 amide bonds. The second-order valence-corrected chi connectivity index (χ2v) is 4.88. The van der Waals surface area contributed by atoms with Crippen LogP contribution in [0.3, 0.4) is 0 Å². The van der Waals surface area contributed by atoms with Gasteiger partial charge >= 0.3 is 0 Å². The van der Waals surface area contributed by atoms with Gasteiger partial charge in [0.15, 0.2) is 0 Å². The molecule has 0 saturated heterocycles. The summed E-state index contributed by atoms with van der Waals surface area (Å²) in [6, 6.07) is 6.52. The summed E-state index contributed by atoms with van der Waals surface area (Å²) in [5.74, 6) is 5.31. The van der Waals surface area contributed by atoms with E-state index < -0.39 is 0 Å². The average molecular weight is 346 g/mol. The molecule has 0 saturated carbocycles. The number of hydrogen-bond acceptors (Lipinski definition) is 3. The Balaban J connectivity index is 2.23. The van der Waals surface area contributed by atoms with Crippen LogP contribution in [0.25, 0.3) is 0 Å². The lowest BCUT2D eigenvalue weighted by Gasteiger charge is -2.17. The minimum atomic E-state index is -0.239. The first kappa shape index (κ1) is 12.5. The predicted octanol–water partition coefficient (Wildman–Crippen LogP) is 2.77. The lowest BCUT2D eigenvalue weighted by atomic mass is 10.0. The number of nitrogens with two attached hydrogens (primary N) is 1. The lowest BCUT2D eigenvalue weighted by Crippen LogP contribution is -2.30. The van der Waals surface area contributed by atoms with E-state index in [4.69, 9.17) is 10.3 Å². The maximum Gasteiger partial charge on any atom is 0.124 e. The van der Waals surface area contributed by atoms with Gasteiger partial charge in [-0.05, 0) is 58.3 Å². The van der Waals surface area contributed by atoms with E-state index >= 15 is 0 Å². The highest BCUT2D eigenvalue weighted by Gasteiger charge is 2.14. The van der Waals surface area contributed by atoms with E-state index in [0.29, 0.717) is 6.42 Å². The smallest absolute Gasteiger partial charge is 0.124 e. The summed E-state index contributed by atoms with van der Waals surface area (Å²) >= 11 is 2.11. The molecule has 2 rings (SSSR count). The van der Waals surface area contributed by atoms with Crippen molar-refractivity contribution in [1.29, 1.82) is 0 Å². The van der Waals surface area contributed by atoms with Crippen molar-refractivity contribution in [2.24, 2.45) is 5.84 Å². The van der Waals surface area contributed by atoms with Crippen LogP contribution >= 0.6 is 22.6 Å². The molecule has 0 aliphatic carbocycles. The number of hydrazine groups is 1. The average Bonchev–Trinajstić information content (AvgIpc) is 2.79. The molecule has 0 fully saturated rings. The van der Waals surface area contributed by atoms with Gasteiger partial charge in [0.05, 0.1) is 18.6 Å². The summed E-state index contributed by atoms with van der Waals surface area (Å²) in [5, 5.41) is 0. The summed E-state index contributed by atoms with van der Waals surface area (Å²) in [4.78, 5) is 0. The first-order chi connectivity index (χ1) is 8.20. The zero-order valence-electron chi connectivity index (χ0n) is 8.99. The molecule has 0 spiro atoms. The SMILES string of the molecule is NNC(Cc1ccoc1)c1ccc(F)cc1I. The first-order valence-electron chi connectivity index (χ1n) is 5.13. The Kier molecular flexibility index (Phi) is 4.14. The zero-order chi connectivity index (χ0) is 12.3. The fourth-order valence-electron chi connectivity index (χ4n) is 1.69. The monoisotopic (exact) mass is 346 g/mol. The van der Waals surface area contributed by atoms with Crippen LogP contribution in [-0.2, 0) is 6.42 Å². The van der Waals surface area contributed by atoms with E-state index in [0.717, 1.165) is 14.7 Å². The highest BCUT2D eigenvalue weighted by molar-refractivity contribution is 14.1. The molecule has 17 heavy (non-hydrogen) atoms. The molecule has 1 atom stereocenters. The Morgan fingerprint density at radius 3 is 2.82 bits per heavy atom. The minimum absolute atomic E-state index is 0.0555. The molecule has 1 heterocycles. The number of benzene rings is 1. The normalized spacial score (nSPS) is 12.6. The van der Waals surface area contributed by atoms with Crippen LogP contribution < -0.4 is 11.3 Å². The van der Waals surface area contributed by atoms with Crippen LogP contribution in [0.15, 0.2) is 41.2 Å². The molecule has 0 aliphatic heterocycles. The van der Waals surface area contributed by atoms with Crippen molar-refractivity contribution in [3.05, 3.63) is 57.3 Å². The Morgan fingerprint density at radius 1 is 1.41 bits per heavy atom. The molecule has 1 unspecified atom stereocenters. The Hall–Kier alpha value is -0.920. The second kappa shape index (κ2) is 5.61. The second-order valence-electron chi connectivity index (χ2n) is 3.72. The van der Waals surface area contributed by atoms with Crippen LogP contribution in [0.2, 0.25) is 0 Å². The Bertz CT molecular complexity index is 487. The fourth-order valence-corrected chi connectivity index (χ4v) is 2.54. The van der Waals surface area contributed by atoms with Crippen LogP contribution in [0, 0.1) is 9.39 Å². The van der Waals surface area contributed by atoms with Crippen molar-refractivity contribution in [3.63, 3.8) is 0 Å². The van der Waals surface area contributed by atoms with Crippen molar-refractivity contribution in [2.45, 2.75) is 12.5 Å². The van der Waals surface area contributed by atoms with Crippen LogP contribution in [0.1, 0.15) is 17.2 Å². The number of halogens is 2. The molecule has 2 aromatic rings. The van der Waals surface area contributed by atoms with Gasteiger partial charge in [-0.25, -0.2) is 4.39 Å². The largest absolute Gasteiger partial charge is 0.472 e. The molecule has 5 heteroatoms. The minimum Gasteiger partial charge on any atom is -0.472 e. The maximum atomic E-state index is 13.0. The van der Waals surface area contributed by atoms with Crippen LogP contribution in [0.5, 0.6) is 0 Å². The van der Waals surface area contributed by atoms with Gasteiger partial charge in [0.2, 0.25) is 0 Å². The van der Waals surface area contributed by atoms with Gasteiger partial charge in [0.1, 0.15) is 5.82 Å². The molecular weight excluding hydrogens is 334 g/mol. The van der Waals surface area contributed by atoms with Gasteiger partial charge in [-0.15, -0.1) is 0 Å². The van der Waals surface area contributed by atoms with Crippen LogP contribution in [-0.4, -0.2) is 0 Å². The molecule has 0 bridgehead atoms. The van der Waals surface area contributed by atoms with Gasteiger partial charge in [0, 0.05) is 3.57 Å². The quantitative estimate of drug-likeness (QED) is 0.509. The van der Waals surface area contributed by atoms with E-state index in [9.17, 15) is 4.39 Å². The van der Waals surface area contributed by atoms with E-state index in [1.54, 1.807) is 18.6 Å². The molecule has 0 aliphatic rings. The zero-order valence-corrected chi connectivity index (χ0v) is 11.1. The van der Waals surface area contributed by atoms with Crippen molar-refractivity contribution in [2.75, 3.05) is 0 Å². The molecular formula is C12H12FIN2O. The third-order valence-corrected chi connectivity index (χ3v) is 3.49. The molecule has 90 valence electrons. The van der Waals surface area contributed by atoms with Gasteiger partial charge < -0.3 is 4.42 Å². The van der Waals surface area contributed by atoms with E-state index in [-0.39, 0.29) is 11.9 Å².